The molecule has 0 bridgehead atoms. The standard InChI is InChI=1S/C16H20N/c1-11-7-6-8-12(2)16(11)15-9-13(3)14(4)10-17(15)5/h6-10H,1-5H3/q+1. The molecule has 1 aromatic carbocycles. The summed E-state index contributed by atoms with van der Waals surface area (Å²) in [5, 5.41) is 0. The van der Waals surface area contributed by atoms with Gasteiger partial charge in [-0.05, 0) is 44.4 Å². The van der Waals surface area contributed by atoms with Crippen molar-refractivity contribution in [2.45, 2.75) is 27.7 Å². The zero-order chi connectivity index (χ0) is 12.6. The largest absolute Gasteiger partial charge is 0.213 e. The Kier molecular flexibility index (Phi) is 3.01. The van der Waals surface area contributed by atoms with Crippen LogP contribution >= 0.6 is 0 Å². The minimum Gasteiger partial charge on any atom is -0.201 e. The van der Waals surface area contributed by atoms with Crippen LogP contribution in [0.25, 0.3) is 11.3 Å². The van der Waals surface area contributed by atoms with Crippen molar-refractivity contribution < 1.29 is 4.57 Å². The van der Waals surface area contributed by atoms with Gasteiger partial charge in [-0.25, -0.2) is 4.57 Å². The van der Waals surface area contributed by atoms with Gasteiger partial charge in [-0.2, -0.15) is 0 Å². The van der Waals surface area contributed by atoms with Crippen LogP contribution < -0.4 is 4.57 Å². The Hall–Kier alpha value is -1.63. The topological polar surface area (TPSA) is 3.88 Å². The summed E-state index contributed by atoms with van der Waals surface area (Å²) in [4.78, 5) is 0. The number of hydrogen-bond donors (Lipinski definition) is 0. The summed E-state index contributed by atoms with van der Waals surface area (Å²) in [6, 6.07) is 8.76. The number of pyridine rings is 1. The molecule has 0 radical (unpaired) electrons. The molecule has 88 valence electrons. The molecule has 0 saturated heterocycles. The van der Waals surface area contributed by atoms with E-state index < -0.39 is 0 Å². The number of benzene rings is 1. The predicted octanol–water partition coefficient (Wildman–Crippen LogP) is 3.41. The first-order chi connectivity index (χ1) is 8.00. The van der Waals surface area contributed by atoms with E-state index >= 15 is 0 Å². The van der Waals surface area contributed by atoms with Gasteiger partial charge < -0.3 is 0 Å². The van der Waals surface area contributed by atoms with Crippen LogP contribution in [0.3, 0.4) is 0 Å². The lowest BCUT2D eigenvalue weighted by molar-refractivity contribution is -0.660. The van der Waals surface area contributed by atoms with E-state index in [1.165, 1.54) is 33.5 Å². The monoisotopic (exact) mass is 226 g/mol. The third kappa shape index (κ3) is 2.10. The van der Waals surface area contributed by atoms with E-state index in [-0.39, 0.29) is 0 Å². The molecule has 1 aromatic heterocycles. The maximum atomic E-state index is 2.28. The van der Waals surface area contributed by atoms with Crippen LogP contribution in [0.2, 0.25) is 0 Å². The molecule has 0 amide bonds. The van der Waals surface area contributed by atoms with Gasteiger partial charge in [0.1, 0.15) is 7.05 Å². The fourth-order valence-corrected chi connectivity index (χ4v) is 2.35. The van der Waals surface area contributed by atoms with Gasteiger partial charge in [-0.3, -0.25) is 0 Å². The molecular weight excluding hydrogens is 206 g/mol. The Labute approximate surface area is 104 Å². The Bertz CT molecular complexity index is 548. The lowest BCUT2D eigenvalue weighted by Gasteiger charge is -2.09. The maximum absolute atomic E-state index is 2.28. The molecule has 2 rings (SSSR count). The molecule has 0 aliphatic heterocycles. The van der Waals surface area contributed by atoms with Crippen LogP contribution in [0, 0.1) is 27.7 Å². The van der Waals surface area contributed by atoms with Crippen LogP contribution in [0.4, 0.5) is 0 Å². The lowest BCUT2D eigenvalue weighted by atomic mass is 9.97. The molecular formula is C16H20N+. The number of hydrogen-bond acceptors (Lipinski definition) is 0. The third-order valence-corrected chi connectivity index (χ3v) is 3.48. The summed E-state index contributed by atoms with van der Waals surface area (Å²) in [5.41, 5.74) is 8.01. The summed E-state index contributed by atoms with van der Waals surface area (Å²) >= 11 is 0. The molecule has 0 aliphatic rings. The van der Waals surface area contributed by atoms with E-state index in [1.807, 2.05) is 0 Å². The van der Waals surface area contributed by atoms with Gasteiger partial charge in [0.25, 0.3) is 0 Å². The lowest BCUT2D eigenvalue weighted by Crippen LogP contribution is -2.31. The molecule has 17 heavy (non-hydrogen) atoms. The van der Waals surface area contributed by atoms with Crippen molar-refractivity contribution in [3.8, 4) is 11.3 Å². The van der Waals surface area contributed by atoms with E-state index in [0.717, 1.165) is 0 Å². The highest BCUT2D eigenvalue weighted by Gasteiger charge is 2.15. The van der Waals surface area contributed by atoms with Gasteiger partial charge in [0.2, 0.25) is 5.69 Å². The van der Waals surface area contributed by atoms with E-state index in [2.05, 4.69) is 69.8 Å². The zero-order valence-corrected chi connectivity index (χ0v) is 11.3. The van der Waals surface area contributed by atoms with E-state index in [9.17, 15) is 0 Å². The average molecular weight is 226 g/mol. The van der Waals surface area contributed by atoms with Gasteiger partial charge in [0.15, 0.2) is 6.20 Å². The summed E-state index contributed by atoms with van der Waals surface area (Å²) in [6.07, 6.45) is 2.20. The maximum Gasteiger partial charge on any atom is 0.213 e. The first-order valence-corrected chi connectivity index (χ1v) is 6.04. The predicted molar refractivity (Wildman–Crippen MR) is 72.0 cm³/mol. The highest BCUT2D eigenvalue weighted by molar-refractivity contribution is 5.65. The summed E-state index contributed by atoms with van der Waals surface area (Å²) in [7, 11) is 2.12. The van der Waals surface area contributed by atoms with Crippen LogP contribution in [0.5, 0.6) is 0 Å². The first-order valence-electron chi connectivity index (χ1n) is 6.04. The van der Waals surface area contributed by atoms with Gasteiger partial charge in [0, 0.05) is 11.6 Å². The first kappa shape index (κ1) is 11.8. The van der Waals surface area contributed by atoms with Crippen molar-refractivity contribution >= 4 is 0 Å². The number of nitrogens with zero attached hydrogens (tertiary/aromatic N) is 1. The second kappa shape index (κ2) is 4.33. The SMILES string of the molecule is Cc1cc(-c2c(C)cccc2C)[n+](C)cc1C. The molecule has 0 saturated carbocycles. The summed E-state index contributed by atoms with van der Waals surface area (Å²) in [5.74, 6) is 0. The van der Waals surface area contributed by atoms with E-state index in [1.54, 1.807) is 0 Å². The molecule has 0 spiro atoms. The minimum absolute atomic E-state index is 1.30. The highest BCUT2D eigenvalue weighted by Crippen LogP contribution is 2.25. The van der Waals surface area contributed by atoms with Crippen LogP contribution in [-0.2, 0) is 7.05 Å². The fraction of sp³-hybridized carbons (Fsp3) is 0.312. The van der Waals surface area contributed by atoms with Crippen molar-refractivity contribution in [2.75, 3.05) is 0 Å². The van der Waals surface area contributed by atoms with Crippen molar-refractivity contribution in [1.29, 1.82) is 0 Å². The average Bonchev–Trinajstić information content (AvgIpc) is 2.25. The molecule has 0 N–H and O–H groups in total. The quantitative estimate of drug-likeness (QED) is 0.656. The molecule has 0 fully saturated rings. The van der Waals surface area contributed by atoms with Crippen LogP contribution in [-0.4, -0.2) is 0 Å². The summed E-state index contributed by atoms with van der Waals surface area (Å²) in [6.45, 7) is 8.69. The van der Waals surface area contributed by atoms with Crippen LogP contribution in [0.1, 0.15) is 22.3 Å². The zero-order valence-electron chi connectivity index (χ0n) is 11.3. The normalized spacial score (nSPS) is 10.6. The smallest absolute Gasteiger partial charge is 0.201 e. The highest BCUT2D eigenvalue weighted by atomic mass is 14.9. The van der Waals surface area contributed by atoms with Crippen molar-refractivity contribution in [3.63, 3.8) is 0 Å². The van der Waals surface area contributed by atoms with E-state index in [4.69, 9.17) is 0 Å². The van der Waals surface area contributed by atoms with E-state index in [0.29, 0.717) is 0 Å². The Morgan fingerprint density at radius 1 is 0.824 bits per heavy atom. The third-order valence-electron chi connectivity index (χ3n) is 3.48. The Morgan fingerprint density at radius 2 is 1.41 bits per heavy atom. The molecule has 1 heterocycles. The number of aryl methyl sites for hydroxylation is 5. The van der Waals surface area contributed by atoms with Crippen LogP contribution in [0.15, 0.2) is 30.5 Å². The van der Waals surface area contributed by atoms with Crippen molar-refractivity contribution in [2.24, 2.45) is 7.05 Å². The molecule has 0 atom stereocenters. The molecule has 0 unspecified atom stereocenters. The van der Waals surface area contributed by atoms with Crippen molar-refractivity contribution in [3.05, 3.63) is 52.7 Å². The Balaban J connectivity index is 2.73. The van der Waals surface area contributed by atoms with Gasteiger partial charge >= 0.3 is 0 Å². The Morgan fingerprint density at radius 3 is 2.00 bits per heavy atom. The summed E-state index contributed by atoms with van der Waals surface area (Å²) < 4.78 is 2.22. The number of rotatable bonds is 1. The van der Waals surface area contributed by atoms with Gasteiger partial charge in [-0.1, -0.05) is 18.2 Å². The molecule has 0 aliphatic carbocycles. The van der Waals surface area contributed by atoms with Gasteiger partial charge in [-0.15, -0.1) is 0 Å². The van der Waals surface area contributed by atoms with Gasteiger partial charge in [0.05, 0.1) is 5.56 Å². The fourth-order valence-electron chi connectivity index (χ4n) is 2.35. The van der Waals surface area contributed by atoms with Crippen molar-refractivity contribution in [1.82, 2.24) is 0 Å². The molecule has 1 heteroatoms. The second-order valence-electron chi connectivity index (χ2n) is 4.90. The minimum atomic E-state index is 1.30. The molecule has 2 aromatic rings. The second-order valence-corrected chi connectivity index (χ2v) is 4.90. The number of aromatic nitrogens is 1. The molecule has 1 nitrogen and oxygen atoms in total.